The number of likely N-dealkylation sites (tertiary alicyclic amines) is 1. The quantitative estimate of drug-likeness (QED) is 0.361. The molecular formula is C26H29F3N8S. The van der Waals surface area contributed by atoms with Crippen molar-refractivity contribution in [2.45, 2.75) is 39.7 Å². The van der Waals surface area contributed by atoms with E-state index in [1.54, 1.807) is 24.2 Å². The van der Waals surface area contributed by atoms with Crippen molar-refractivity contribution in [1.82, 2.24) is 29.4 Å². The molecule has 38 heavy (non-hydrogen) atoms. The van der Waals surface area contributed by atoms with E-state index in [0.29, 0.717) is 30.3 Å². The summed E-state index contributed by atoms with van der Waals surface area (Å²) in [5, 5.41) is 3.04. The van der Waals surface area contributed by atoms with Crippen molar-refractivity contribution in [2.75, 3.05) is 43.4 Å². The van der Waals surface area contributed by atoms with Crippen LogP contribution >= 0.6 is 11.3 Å². The number of hydrogen-bond acceptors (Lipinski definition) is 8. The summed E-state index contributed by atoms with van der Waals surface area (Å²) in [7, 11) is 1.73. The molecule has 4 aromatic heterocycles. The number of imidazole rings is 1. The molecule has 0 aliphatic carbocycles. The summed E-state index contributed by atoms with van der Waals surface area (Å²) in [5.41, 5.74) is 1.73. The van der Waals surface area contributed by atoms with E-state index in [4.69, 9.17) is 4.98 Å². The maximum Gasteiger partial charge on any atom is 0.270 e. The fourth-order valence-electron chi connectivity index (χ4n) is 5.72. The summed E-state index contributed by atoms with van der Waals surface area (Å²) in [4.78, 5) is 23.0. The molecule has 2 saturated heterocycles. The largest absolute Gasteiger partial charge is 0.368 e. The van der Waals surface area contributed by atoms with Crippen molar-refractivity contribution in [3.8, 4) is 10.6 Å². The molecule has 2 aliphatic rings. The first-order chi connectivity index (χ1) is 18.0. The molecule has 6 heterocycles. The zero-order valence-corrected chi connectivity index (χ0v) is 22.7. The number of pyridine rings is 1. The summed E-state index contributed by atoms with van der Waals surface area (Å²) >= 11 is 1.47. The molecule has 1 N–H and O–H groups in total. The lowest BCUT2D eigenvalue weighted by Gasteiger charge is -2.51. The van der Waals surface area contributed by atoms with Gasteiger partial charge in [0.2, 0.25) is 5.95 Å². The molecule has 0 radical (unpaired) electrons. The van der Waals surface area contributed by atoms with Crippen LogP contribution < -0.4 is 10.2 Å². The highest BCUT2D eigenvalue weighted by atomic mass is 32.1. The Balaban J connectivity index is 1.21. The number of fused-ring (bicyclic) bond motifs is 1. The number of thiophene rings is 1. The van der Waals surface area contributed by atoms with Gasteiger partial charge in [0.15, 0.2) is 5.82 Å². The Bertz CT molecular complexity index is 1520. The van der Waals surface area contributed by atoms with Crippen molar-refractivity contribution in [3.63, 3.8) is 0 Å². The van der Waals surface area contributed by atoms with E-state index in [9.17, 15) is 13.2 Å². The Hall–Kier alpha value is -3.25. The highest BCUT2D eigenvalue weighted by molar-refractivity contribution is 7.22. The molecule has 0 unspecified atom stereocenters. The maximum atomic E-state index is 14.9. The standard InChI is InChI=1S/C26H29F3N8S/c1-14(2)37-16(4)32-20-15(3)22(38-23(20)37)21-18(27)9-31-24(34-21)33-19-7-6-17(8-30-19)36-11-25(12-36)10-35(5)13-26(25,28)29/h6-9,14H,10-13H2,1-5H3,(H,30,31,33,34). The van der Waals surface area contributed by atoms with E-state index < -0.39 is 17.2 Å². The van der Waals surface area contributed by atoms with Crippen LogP contribution in [0.4, 0.5) is 30.6 Å². The molecule has 200 valence electrons. The fraction of sp³-hybridized carbons (Fsp3) is 0.462. The van der Waals surface area contributed by atoms with Crippen LogP contribution in [0.2, 0.25) is 0 Å². The number of halogens is 3. The van der Waals surface area contributed by atoms with Gasteiger partial charge >= 0.3 is 0 Å². The molecular weight excluding hydrogens is 513 g/mol. The Kier molecular flexibility index (Phi) is 5.69. The maximum absolute atomic E-state index is 14.9. The fourth-order valence-corrected chi connectivity index (χ4v) is 7.14. The van der Waals surface area contributed by atoms with E-state index in [1.165, 1.54) is 11.3 Å². The first-order valence-electron chi connectivity index (χ1n) is 12.5. The van der Waals surface area contributed by atoms with Gasteiger partial charge in [-0.15, -0.1) is 11.3 Å². The summed E-state index contributed by atoms with van der Waals surface area (Å²) in [6, 6.07) is 3.80. The molecule has 1 spiro atoms. The van der Waals surface area contributed by atoms with Gasteiger partial charge in [0.1, 0.15) is 27.7 Å². The third-order valence-corrected chi connectivity index (χ3v) is 8.86. The highest BCUT2D eigenvalue weighted by Crippen LogP contribution is 2.50. The predicted molar refractivity (Wildman–Crippen MR) is 143 cm³/mol. The van der Waals surface area contributed by atoms with Gasteiger partial charge in [0.05, 0.1) is 34.9 Å². The van der Waals surface area contributed by atoms with Crippen LogP contribution in [0.15, 0.2) is 24.5 Å². The van der Waals surface area contributed by atoms with Crippen molar-refractivity contribution < 1.29 is 13.2 Å². The second-order valence-corrected chi connectivity index (χ2v) is 11.8. The van der Waals surface area contributed by atoms with Crippen LogP contribution in [-0.4, -0.2) is 68.6 Å². The number of anilines is 3. The first-order valence-corrected chi connectivity index (χ1v) is 13.3. The minimum atomic E-state index is -2.69. The molecule has 12 heteroatoms. The molecule has 6 rings (SSSR count). The number of aromatic nitrogens is 5. The number of rotatable bonds is 5. The van der Waals surface area contributed by atoms with Gasteiger partial charge in [-0.2, -0.15) is 0 Å². The second-order valence-electron chi connectivity index (χ2n) is 10.8. The average molecular weight is 543 g/mol. The summed E-state index contributed by atoms with van der Waals surface area (Å²) in [5.74, 6) is -1.59. The highest BCUT2D eigenvalue weighted by Gasteiger charge is 2.64. The molecule has 0 bridgehead atoms. The van der Waals surface area contributed by atoms with Gasteiger partial charge in [-0.25, -0.2) is 33.1 Å². The van der Waals surface area contributed by atoms with Gasteiger partial charge in [0.25, 0.3) is 5.92 Å². The molecule has 0 saturated carbocycles. The SMILES string of the molecule is Cc1c(-c2nc(Nc3ccc(N4CC5(CN(C)CC5(F)F)C4)cn3)ncc2F)sc2c1nc(C)n2C(C)C. The monoisotopic (exact) mass is 542 g/mol. The molecule has 0 atom stereocenters. The van der Waals surface area contributed by atoms with Crippen LogP contribution in [-0.2, 0) is 0 Å². The Labute approximate surface area is 222 Å². The summed E-state index contributed by atoms with van der Waals surface area (Å²) < 4.78 is 46.0. The van der Waals surface area contributed by atoms with Gasteiger partial charge < -0.3 is 14.8 Å². The minimum Gasteiger partial charge on any atom is -0.368 e. The van der Waals surface area contributed by atoms with Crippen LogP contribution in [0.1, 0.15) is 31.3 Å². The third-order valence-electron chi connectivity index (χ3n) is 7.57. The first kappa shape index (κ1) is 25.1. The van der Waals surface area contributed by atoms with Gasteiger partial charge in [-0.05, 0) is 52.4 Å². The van der Waals surface area contributed by atoms with Crippen molar-refractivity contribution in [3.05, 3.63) is 41.7 Å². The number of aryl methyl sites for hydroxylation is 2. The van der Waals surface area contributed by atoms with E-state index >= 15 is 0 Å². The molecule has 8 nitrogen and oxygen atoms in total. The van der Waals surface area contributed by atoms with E-state index in [-0.39, 0.29) is 24.2 Å². The van der Waals surface area contributed by atoms with Gasteiger partial charge in [-0.1, -0.05) is 0 Å². The zero-order chi connectivity index (χ0) is 27.0. The number of alkyl halides is 2. The van der Waals surface area contributed by atoms with E-state index in [0.717, 1.165) is 33.6 Å². The van der Waals surface area contributed by atoms with Crippen molar-refractivity contribution in [1.29, 1.82) is 0 Å². The minimum absolute atomic E-state index is 0.196. The molecule has 4 aromatic rings. The van der Waals surface area contributed by atoms with Crippen LogP contribution in [0, 0.1) is 25.1 Å². The number of hydrogen-bond donors (Lipinski definition) is 1. The van der Waals surface area contributed by atoms with Gasteiger partial charge in [-0.3, -0.25) is 4.90 Å². The van der Waals surface area contributed by atoms with Crippen LogP contribution in [0.3, 0.4) is 0 Å². The normalized spacial score (nSPS) is 18.6. The predicted octanol–water partition coefficient (Wildman–Crippen LogP) is 5.42. The topological polar surface area (TPSA) is 75.0 Å². The van der Waals surface area contributed by atoms with Gasteiger partial charge in [0, 0.05) is 25.7 Å². The van der Waals surface area contributed by atoms with Crippen molar-refractivity contribution in [2.24, 2.45) is 5.41 Å². The van der Waals surface area contributed by atoms with Crippen molar-refractivity contribution >= 4 is 39.1 Å². The molecule has 2 aliphatic heterocycles. The number of nitrogens with one attached hydrogen (secondary N) is 1. The Morgan fingerprint density at radius 1 is 1.03 bits per heavy atom. The molecule has 0 aromatic carbocycles. The van der Waals surface area contributed by atoms with Crippen LogP contribution in [0.25, 0.3) is 20.9 Å². The van der Waals surface area contributed by atoms with E-state index in [1.807, 2.05) is 24.8 Å². The zero-order valence-electron chi connectivity index (χ0n) is 21.9. The lowest BCUT2D eigenvalue weighted by Crippen LogP contribution is -2.64. The lowest BCUT2D eigenvalue weighted by atomic mass is 9.76. The van der Waals surface area contributed by atoms with E-state index in [2.05, 4.69) is 38.7 Å². The molecule has 0 amide bonds. The molecule has 2 fully saturated rings. The Morgan fingerprint density at radius 3 is 2.42 bits per heavy atom. The second kappa shape index (κ2) is 8.63. The lowest BCUT2D eigenvalue weighted by molar-refractivity contribution is -0.0968. The third kappa shape index (κ3) is 3.84. The summed E-state index contributed by atoms with van der Waals surface area (Å²) in [6.07, 6.45) is 2.79. The Morgan fingerprint density at radius 2 is 1.79 bits per heavy atom. The smallest absolute Gasteiger partial charge is 0.270 e. The summed E-state index contributed by atoms with van der Waals surface area (Å²) in [6.45, 7) is 8.88. The average Bonchev–Trinajstić information content (AvgIpc) is 3.40. The number of nitrogens with zero attached hydrogens (tertiary/aromatic N) is 7. The van der Waals surface area contributed by atoms with Crippen LogP contribution in [0.5, 0.6) is 0 Å².